The first kappa shape index (κ1) is 16.6. The van der Waals surface area contributed by atoms with Crippen molar-refractivity contribution in [2.45, 2.75) is 44.6 Å². The van der Waals surface area contributed by atoms with Crippen LogP contribution in [0, 0.1) is 5.92 Å². The molecule has 1 aromatic rings. The van der Waals surface area contributed by atoms with Crippen LogP contribution in [-0.2, 0) is 11.3 Å². The molecule has 1 aliphatic carbocycles. The quantitative estimate of drug-likeness (QED) is 0.875. The molecule has 1 aliphatic rings. The zero-order chi connectivity index (χ0) is 16.2. The lowest BCUT2D eigenvalue weighted by Gasteiger charge is -2.27. The molecule has 0 radical (unpaired) electrons. The lowest BCUT2D eigenvalue weighted by Crippen LogP contribution is -2.34. The van der Waals surface area contributed by atoms with E-state index in [9.17, 15) is 18.0 Å². The van der Waals surface area contributed by atoms with Gasteiger partial charge in [-0.15, -0.1) is 13.2 Å². The zero-order valence-corrected chi connectivity index (χ0v) is 11.9. The van der Waals surface area contributed by atoms with Gasteiger partial charge >= 0.3 is 12.3 Å². The largest absolute Gasteiger partial charge is 0.573 e. The molecule has 0 aromatic heterocycles. The zero-order valence-electron chi connectivity index (χ0n) is 11.9. The van der Waals surface area contributed by atoms with Crippen LogP contribution in [0.2, 0.25) is 0 Å². The number of ether oxygens (including phenoxy) is 1. The summed E-state index contributed by atoms with van der Waals surface area (Å²) in [5.74, 6) is -1.27. The molecular weight excluding hydrogens is 299 g/mol. The summed E-state index contributed by atoms with van der Waals surface area (Å²) in [5.41, 5.74) is 0.696. The van der Waals surface area contributed by atoms with E-state index < -0.39 is 12.3 Å². The highest BCUT2D eigenvalue weighted by atomic mass is 19.4. The van der Waals surface area contributed by atoms with Crippen molar-refractivity contribution in [2.24, 2.45) is 5.92 Å². The average Bonchev–Trinajstić information content (AvgIpc) is 2.44. The number of benzene rings is 1. The van der Waals surface area contributed by atoms with Crippen molar-refractivity contribution in [3.05, 3.63) is 29.8 Å². The molecule has 0 unspecified atom stereocenters. The van der Waals surface area contributed by atoms with Crippen LogP contribution in [0.1, 0.15) is 31.2 Å². The van der Waals surface area contributed by atoms with Crippen LogP contribution < -0.4 is 10.1 Å². The SMILES string of the molecule is O=C(O)C1CCC(NCc2cccc(OC(F)(F)F)c2)CC1. The van der Waals surface area contributed by atoms with Crippen LogP contribution in [0.3, 0.4) is 0 Å². The first-order valence-electron chi connectivity index (χ1n) is 7.14. The number of carbonyl (C=O) groups is 1. The Morgan fingerprint density at radius 1 is 1.27 bits per heavy atom. The van der Waals surface area contributed by atoms with Crippen LogP contribution in [-0.4, -0.2) is 23.5 Å². The van der Waals surface area contributed by atoms with Gasteiger partial charge in [-0.1, -0.05) is 12.1 Å². The average molecular weight is 317 g/mol. The number of hydrogen-bond acceptors (Lipinski definition) is 3. The smallest absolute Gasteiger partial charge is 0.481 e. The summed E-state index contributed by atoms with van der Waals surface area (Å²) in [6.07, 6.45) is -1.92. The summed E-state index contributed by atoms with van der Waals surface area (Å²) in [7, 11) is 0. The highest BCUT2D eigenvalue weighted by Crippen LogP contribution is 2.26. The molecule has 1 saturated carbocycles. The van der Waals surface area contributed by atoms with Gasteiger partial charge in [0, 0.05) is 12.6 Å². The molecule has 0 amide bonds. The van der Waals surface area contributed by atoms with E-state index in [1.807, 2.05) is 0 Å². The van der Waals surface area contributed by atoms with E-state index in [0.29, 0.717) is 24.9 Å². The fourth-order valence-electron chi connectivity index (χ4n) is 2.66. The Hall–Kier alpha value is -1.76. The monoisotopic (exact) mass is 317 g/mol. The predicted molar refractivity (Wildman–Crippen MR) is 73.3 cm³/mol. The summed E-state index contributed by atoms with van der Waals surface area (Å²) < 4.78 is 40.4. The fraction of sp³-hybridized carbons (Fsp3) is 0.533. The third kappa shape index (κ3) is 5.22. The van der Waals surface area contributed by atoms with Gasteiger partial charge in [0.1, 0.15) is 5.75 Å². The molecule has 0 atom stereocenters. The minimum atomic E-state index is -4.69. The third-order valence-corrected chi connectivity index (χ3v) is 3.80. The van der Waals surface area contributed by atoms with Crippen LogP contribution in [0.15, 0.2) is 24.3 Å². The number of carboxylic acid groups (broad SMARTS) is 1. The maximum absolute atomic E-state index is 12.2. The van der Waals surface area contributed by atoms with Crippen LogP contribution in [0.25, 0.3) is 0 Å². The Morgan fingerprint density at radius 3 is 2.55 bits per heavy atom. The van der Waals surface area contributed by atoms with E-state index in [1.165, 1.54) is 18.2 Å². The number of alkyl halides is 3. The first-order chi connectivity index (χ1) is 10.3. The van der Waals surface area contributed by atoms with E-state index in [2.05, 4.69) is 10.1 Å². The van der Waals surface area contributed by atoms with E-state index in [0.717, 1.165) is 12.8 Å². The van der Waals surface area contributed by atoms with Crippen LogP contribution in [0.4, 0.5) is 13.2 Å². The highest BCUT2D eigenvalue weighted by Gasteiger charge is 2.31. The Kier molecular flexibility index (Phi) is 5.28. The summed E-state index contributed by atoms with van der Waals surface area (Å²) in [4.78, 5) is 10.9. The van der Waals surface area contributed by atoms with Crippen molar-refractivity contribution in [1.29, 1.82) is 0 Å². The van der Waals surface area contributed by atoms with Crippen LogP contribution in [0.5, 0.6) is 5.75 Å². The van der Waals surface area contributed by atoms with Gasteiger partial charge in [0.15, 0.2) is 0 Å². The molecule has 1 fully saturated rings. The maximum atomic E-state index is 12.2. The number of nitrogens with one attached hydrogen (secondary N) is 1. The molecular formula is C15H18F3NO3. The summed E-state index contributed by atoms with van der Waals surface area (Å²) in [6, 6.07) is 6.04. The summed E-state index contributed by atoms with van der Waals surface area (Å²) >= 11 is 0. The van der Waals surface area contributed by atoms with Crippen molar-refractivity contribution in [1.82, 2.24) is 5.32 Å². The number of hydrogen-bond donors (Lipinski definition) is 2. The number of aliphatic carboxylic acids is 1. The van der Waals surface area contributed by atoms with Crippen molar-refractivity contribution in [3.8, 4) is 5.75 Å². The van der Waals surface area contributed by atoms with Crippen LogP contribution >= 0.6 is 0 Å². The predicted octanol–water partition coefficient (Wildman–Crippen LogP) is 3.32. The molecule has 0 spiro atoms. The lowest BCUT2D eigenvalue weighted by molar-refractivity contribution is -0.274. The Labute approximate surface area is 126 Å². The lowest BCUT2D eigenvalue weighted by atomic mass is 9.86. The van der Waals surface area contributed by atoms with Crippen molar-refractivity contribution < 1.29 is 27.8 Å². The summed E-state index contributed by atoms with van der Waals surface area (Å²) in [5, 5.41) is 12.2. The van der Waals surface area contributed by atoms with Gasteiger partial charge in [0.25, 0.3) is 0 Å². The molecule has 0 aliphatic heterocycles. The Bertz CT molecular complexity index is 511. The molecule has 7 heteroatoms. The molecule has 4 nitrogen and oxygen atoms in total. The van der Waals surface area contributed by atoms with E-state index in [4.69, 9.17) is 5.11 Å². The van der Waals surface area contributed by atoms with Gasteiger partial charge in [-0.3, -0.25) is 4.79 Å². The first-order valence-corrected chi connectivity index (χ1v) is 7.14. The van der Waals surface area contributed by atoms with Gasteiger partial charge in [-0.25, -0.2) is 0 Å². The molecule has 0 saturated heterocycles. The van der Waals surface area contributed by atoms with E-state index in [1.54, 1.807) is 6.07 Å². The molecule has 122 valence electrons. The Morgan fingerprint density at radius 2 is 1.95 bits per heavy atom. The second-order valence-corrected chi connectivity index (χ2v) is 5.46. The molecule has 0 bridgehead atoms. The highest BCUT2D eigenvalue weighted by molar-refractivity contribution is 5.70. The molecule has 2 N–H and O–H groups in total. The maximum Gasteiger partial charge on any atom is 0.573 e. The summed E-state index contributed by atoms with van der Waals surface area (Å²) in [6.45, 7) is 0.428. The Balaban J connectivity index is 1.82. The number of halogens is 3. The second-order valence-electron chi connectivity index (χ2n) is 5.46. The fourth-order valence-corrected chi connectivity index (χ4v) is 2.66. The topological polar surface area (TPSA) is 58.6 Å². The normalized spacial score (nSPS) is 22.3. The molecule has 0 heterocycles. The number of rotatable bonds is 5. The van der Waals surface area contributed by atoms with Gasteiger partial charge in [0.2, 0.25) is 0 Å². The van der Waals surface area contributed by atoms with E-state index >= 15 is 0 Å². The molecule has 22 heavy (non-hydrogen) atoms. The van der Waals surface area contributed by atoms with Gasteiger partial charge in [0.05, 0.1) is 5.92 Å². The third-order valence-electron chi connectivity index (χ3n) is 3.80. The van der Waals surface area contributed by atoms with Crippen molar-refractivity contribution in [3.63, 3.8) is 0 Å². The minimum absolute atomic E-state index is 0.197. The van der Waals surface area contributed by atoms with Crippen molar-refractivity contribution in [2.75, 3.05) is 0 Å². The van der Waals surface area contributed by atoms with Gasteiger partial charge < -0.3 is 15.2 Å². The van der Waals surface area contributed by atoms with Crippen molar-refractivity contribution >= 4 is 5.97 Å². The molecule has 1 aromatic carbocycles. The van der Waals surface area contributed by atoms with Gasteiger partial charge in [-0.2, -0.15) is 0 Å². The molecule has 2 rings (SSSR count). The second kappa shape index (κ2) is 7.00. The standard InChI is InChI=1S/C15H18F3NO3/c16-15(17,18)22-13-3-1-2-10(8-13)9-19-12-6-4-11(5-7-12)14(20)21/h1-3,8,11-12,19H,4-7,9H2,(H,20,21). The van der Waals surface area contributed by atoms with E-state index in [-0.39, 0.29) is 17.7 Å². The minimum Gasteiger partial charge on any atom is -0.481 e. The van der Waals surface area contributed by atoms with Gasteiger partial charge in [-0.05, 0) is 43.4 Å². The number of carboxylic acids is 1.